The Kier molecular flexibility index (Phi) is 5.01. The third-order valence-corrected chi connectivity index (χ3v) is 4.14. The van der Waals surface area contributed by atoms with Crippen LogP contribution in [0.4, 0.5) is 0 Å². The number of aromatic nitrogens is 1. The second-order valence-corrected chi connectivity index (χ2v) is 6.10. The number of halogens is 1. The normalized spacial score (nSPS) is 10.4. The van der Waals surface area contributed by atoms with Crippen LogP contribution in [0.1, 0.15) is 5.56 Å². The van der Waals surface area contributed by atoms with Crippen LogP contribution in [0, 0.1) is 5.21 Å². The molecule has 0 fully saturated rings. The van der Waals surface area contributed by atoms with Crippen LogP contribution in [0.25, 0.3) is 11.1 Å². The predicted molar refractivity (Wildman–Crippen MR) is 95.9 cm³/mol. The average Bonchev–Trinajstić information content (AvgIpc) is 2.61. The fourth-order valence-electron chi connectivity index (χ4n) is 2.40. The molecule has 3 rings (SSSR count). The van der Waals surface area contributed by atoms with Gasteiger partial charge in [0.2, 0.25) is 0 Å². The molecule has 0 aliphatic rings. The third kappa shape index (κ3) is 3.68. The Hall–Kier alpha value is -2.53. The zero-order chi connectivity index (χ0) is 16.9. The number of nitrogens with zero attached hydrogens (tertiary/aromatic N) is 1. The molecule has 0 atom stereocenters. The van der Waals surface area contributed by atoms with Crippen molar-refractivity contribution in [3.8, 4) is 22.8 Å². The minimum atomic E-state index is 0.254. The van der Waals surface area contributed by atoms with E-state index >= 15 is 0 Å². The molecule has 0 bridgehead atoms. The van der Waals surface area contributed by atoms with Gasteiger partial charge < -0.3 is 14.7 Å². The Labute approximate surface area is 149 Å². The van der Waals surface area contributed by atoms with E-state index in [0.717, 1.165) is 21.3 Å². The molecule has 3 aromatic rings. The molecule has 0 saturated heterocycles. The molecular formula is C19H16BrNO3. The maximum atomic E-state index is 11.6. The first-order valence-electron chi connectivity index (χ1n) is 7.41. The Morgan fingerprint density at radius 1 is 0.958 bits per heavy atom. The van der Waals surface area contributed by atoms with Crippen molar-refractivity contribution in [1.82, 2.24) is 0 Å². The maximum absolute atomic E-state index is 11.6. The molecule has 122 valence electrons. The first kappa shape index (κ1) is 16.3. The van der Waals surface area contributed by atoms with Gasteiger partial charge in [0.15, 0.2) is 6.20 Å². The van der Waals surface area contributed by atoms with Crippen LogP contribution in [0.3, 0.4) is 0 Å². The highest BCUT2D eigenvalue weighted by atomic mass is 79.9. The number of hydrogen-bond acceptors (Lipinski definition) is 3. The fraction of sp³-hybridized carbons (Fsp3) is 0.105. The van der Waals surface area contributed by atoms with Crippen molar-refractivity contribution in [1.29, 1.82) is 0 Å². The first-order valence-corrected chi connectivity index (χ1v) is 8.20. The van der Waals surface area contributed by atoms with E-state index < -0.39 is 0 Å². The summed E-state index contributed by atoms with van der Waals surface area (Å²) < 4.78 is 12.6. The molecule has 0 amide bonds. The van der Waals surface area contributed by atoms with E-state index in [0.29, 0.717) is 10.3 Å². The van der Waals surface area contributed by atoms with Gasteiger partial charge in [-0.3, -0.25) is 0 Å². The number of benzene rings is 2. The molecule has 0 spiro atoms. The van der Waals surface area contributed by atoms with Crippen LogP contribution < -0.4 is 14.2 Å². The van der Waals surface area contributed by atoms with Gasteiger partial charge in [0.25, 0.3) is 0 Å². The van der Waals surface area contributed by atoms with Crippen LogP contribution in [-0.2, 0) is 6.61 Å². The zero-order valence-corrected chi connectivity index (χ0v) is 14.7. The van der Waals surface area contributed by atoms with Gasteiger partial charge >= 0.3 is 5.88 Å². The lowest BCUT2D eigenvalue weighted by Gasteiger charge is -2.10. The highest BCUT2D eigenvalue weighted by molar-refractivity contribution is 9.10. The molecule has 24 heavy (non-hydrogen) atoms. The average molecular weight is 386 g/mol. The molecule has 5 heteroatoms. The van der Waals surface area contributed by atoms with Crippen molar-refractivity contribution in [2.45, 2.75) is 6.61 Å². The lowest BCUT2D eigenvalue weighted by molar-refractivity contribution is -0.612. The van der Waals surface area contributed by atoms with Gasteiger partial charge in [0.05, 0.1) is 7.11 Å². The van der Waals surface area contributed by atoms with Crippen LogP contribution in [-0.4, -0.2) is 7.11 Å². The lowest BCUT2D eigenvalue weighted by Crippen LogP contribution is -2.29. The SMILES string of the molecule is COc1c(COc2ccc(-c3ccc(Br)cc3)cc2)ccc[n+]1[O-]. The van der Waals surface area contributed by atoms with Crippen LogP contribution in [0.2, 0.25) is 0 Å². The molecule has 4 nitrogen and oxygen atoms in total. The molecule has 1 aromatic heterocycles. The van der Waals surface area contributed by atoms with E-state index in [2.05, 4.69) is 28.1 Å². The molecular weight excluding hydrogens is 370 g/mol. The van der Waals surface area contributed by atoms with Crippen molar-refractivity contribution in [3.63, 3.8) is 0 Å². The molecule has 0 aliphatic carbocycles. The van der Waals surface area contributed by atoms with Gasteiger partial charge in [-0.1, -0.05) is 40.2 Å². The first-order chi connectivity index (χ1) is 11.7. The third-order valence-electron chi connectivity index (χ3n) is 3.61. The number of pyridine rings is 1. The van der Waals surface area contributed by atoms with Crippen molar-refractivity contribution in [3.05, 3.63) is 82.1 Å². The fourth-order valence-corrected chi connectivity index (χ4v) is 2.66. The van der Waals surface area contributed by atoms with E-state index in [9.17, 15) is 5.21 Å². The van der Waals surface area contributed by atoms with Crippen molar-refractivity contribution >= 4 is 15.9 Å². The Bertz CT molecular complexity index is 817. The van der Waals surface area contributed by atoms with Gasteiger partial charge in [0.1, 0.15) is 17.9 Å². The minimum Gasteiger partial charge on any atom is -0.616 e. The highest BCUT2D eigenvalue weighted by Crippen LogP contribution is 2.25. The van der Waals surface area contributed by atoms with Crippen molar-refractivity contribution in [2.75, 3.05) is 7.11 Å². The van der Waals surface area contributed by atoms with E-state index in [4.69, 9.17) is 9.47 Å². The Morgan fingerprint density at radius 3 is 2.21 bits per heavy atom. The topological polar surface area (TPSA) is 45.4 Å². The summed E-state index contributed by atoms with van der Waals surface area (Å²) in [6.45, 7) is 0.268. The summed E-state index contributed by atoms with van der Waals surface area (Å²) in [5, 5.41) is 11.6. The molecule has 0 unspecified atom stereocenters. The van der Waals surface area contributed by atoms with Crippen LogP contribution in [0.15, 0.2) is 71.3 Å². The summed E-state index contributed by atoms with van der Waals surface area (Å²) in [6, 6.07) is 19.5. The van der Waals surface area contributed by atoms with E-state index in [1.54, 1.807) is 6.07 Å². The van der Waals surface area contributed by atoms with Gasteiger partial charge in [-0.25, -0.2) is 0 Å². The predicted octanol–water partition coefficient (Wildman–Crippen LogP) is 4.34. The highest BCUT2D eigenvalue weighted by Gasteiger charge is 2.13. The minimum absolute atomic E-state index is 0.254. The van der Waals surface area contributed by atoms with E-state index in [1.807, 2.05) is 42.5 Å². The number of rotatable bonds is 5. The summed E-state index contributed by atoms with van der Waals surface area (Å²) in [4.78, 5) is 0. The number of ether oxygens (including phenoxy) is 2. The second-order valence-electron chi connectivity index (χ2n) is 5.19. The maximum Gasteiger partial charge on any atom is 0.385 e. The van der Waals surface area contributed by atoms with Gasteiger partial charge in [-0.05, 0) is 41.5 Å². The molecule has 1 heterocycles. The smallest absolute Gasteiger partial charge is 0.385 e. The second kappa shape index (κ2) is 7.36. The van der Waals surface area contributed by atoms with Crippen LogP contribution in [0.5, 0.6) is 11.6 Å². The van der Waals surface area contributed by atoms with E-state index in [-0.39, 0.29) is 12.5 Å². The van der Waals surface area contributed by atoms with E-state index in [1.165, 1.54) is 13.3 Å². The summed E-state index contributed by atoms with van der Waals surface area (Å²) in [5.74, 6) is 0.989. The molecule has 0 radical (unpaired) electrons. The summed E-state index contributed by atoms with van der Waals surface area (Å²) >= 11 is 3.43. The van der Waals surface area contributed by atoms with Gasteiger partial charge in [0, 0.05) is 10.5 Å². The molecule has 0 N–H and O–H groups in total. The van der Waals surface area contributed by atoms with Crippen molar-refractivity contribution in [2.24, 2.45) is 0 Å². The van der Waals surface area contributed by atoms with Crippen molar-refractivity contribution < 1.29 is 14.2 Å². The largest absolute Gasteiger partial charge is 0.616 e. The number of hydrogen-bond donors (Lipinski definition) is 0. The summed E-state index contributed by atoms with van der Waals surface area (Å²) in [6.07, 6.45) is 1.40. The summed E-state index contributed by atoms with van der Waals surface area (Å²) in [7, 11) is 1.47. The summed E-state index contributed by atoms with van der Waals surface area (Å²) in [5.41, 5.74) is 2.96. The monoisotopic (exact) mass is 385 g/mol. The zero-order valence-electron chi connectivity index (χ0n) is 13.1. The van der Waals surface area contributed by atoms with Gasteiger partial charge in [-0.15, -0.1) is 4.73 Å². The standard InChI is InChI=1S/C19H16BrNO3/c1-23-19-16(3-2-12-21(19)22)13-24-18-10-6-15(7-11-18)14-4-8-17(20)9-5-14/h2-12H,13H2,1H3. The molecule has 0 aliphatic heterocycles. The van der Waals surface area contributed by atoms with Gasteiger partial charge in [-0.2, -0.15) is 0 Å². The quantitative estimate of drug-likeness (QED) is 0.484. The number of methoxy groups -OCH3 is 1. The molecule has 2 aromatic carbocycles. The molecule has 0 saturated carbocycles. The Morgan fingerprint density at radius 2 is 1.58 bits per heavy atom. The Balaban J connectivity index is 1.71. The van der Waals surface area contributed by atoms with Crippen LogP contribution >= 0.6 is 15.9 Å². The lowest BCUT2D eigenvalue weighted by atomic mass is 10.1.